The van der Waals surface area contributed by atoms with E-state index in [-0.39, 0.29) is 5.56 Å². The SMILES string of the molecule is CC(C)Cc1cc(=O)n(C2CCCCC2)[nH]1. The molecule has 1 heterocycles. The maximum Gasteiger partial charge on any atom is 0.266 e. The maximum absolute atomic E-state index is 11.9. The zero-order valence-corrected chi connectivity index (χ0v) is 10.3. The average Bonchev–Trinajstić information content (AvgIpc) is 2.60. The smallest absolute Gasteiger partial charge is 0.266 e. The fourth-order valence-electron chi connectivity index (χ4n) is 2.62. The summed E-state index contributed by atoms with van der Waals surface area (Å²) in [5.41, 5.74) is 1.24. The van der Waals surface area contributed by atoms with Gasteiger partial charge in [0.25, 0.3) is 5.56 Å². The van der Waals surface area contributed by atoms with Crippen LogP contribution in [0, 0.1) is 5.92 Å². The minimum atomic E-state index is 0.155. The van der Waals surface area contributed by atoms with E-state index in [9.17, 15) is 4.79 Å². The molecular weight excluding hydrogens is 200 g/mol. The third-order valence-corrected chi connectivity index (χ3v) is 3.37. The second kappa shape index (κ2) is 4.89. The summed E-state index contributed by atoms with van der Waals surface area (Å²) in [6.45, 7) is 4.35. The van der Waals surface area contributed by atoms with E-state index in [0.29, 0.717) is 12.0 Å². The molecule has 0 aliphatic heterocycles. The van der Waals surface area contributed by atoms with E-state index in [1.807, 2.05) is 4.68 Å². The normalized spacial score (nSPS) is 18.2. The van der Waals surface area contributed by atoms with Crippen LogP contribution in [0.5, 0.6) is 0 Å². The van der Waals surface area contributed by atoms with E-state index < -0.39 is 0 Å². The first kappa shape index (κ1) is 11.5. The Labute approximate surface area is 96.8 Å². The molecule has 1 saturated carbocycles. The Morgan fingerprint density at radius 3 is 2.69 bits per heavy atom. The van der Waals surface area contributed by atoms with Gasteiger partial charge in [0.2, 0.25) is 0 Å². The molecule has 2 rings (SSSR count). The highest BCUT2D eigenvalue weighted by Gasteiger charge is 2.17. The van der Waals surface area contributed by atoms with Gasteiger partial charge < -0.3 is 0 Å². The number of aromatic amines is 1. The van der Waals surface area contributed by atoms with Crippen LogP contribution in [-0.2, 0) is 6.42 Å². The Bertz CT molecular complexity index is 383. The number of H-pyrrole nitrogens is 1. The van der Waals surface area contributed by atoms with Gasteiger partial charge in [-0.25, -0.2) is 4.68 Å². The van der Waals surface area contributed by atoms with Crippen molar-refractivity contribution in [1.29, 1.82) is 0 Å². The van der Waals surface area contributed by atoms with Gasteiger partial charge in [0.05, 0.1) is 6.04 Å². The summed E-state index contributed by atoms with van der Waals surface area (Å²) < 4.78 is 1.86. The van der Waals surface area contributed by atoms with E-state index >= 15 is 0 Å². The summed E-state index contributed by atoms with van der Waals surface area (Å²) >= 11 is 0. The van der Waals surface area contributed by atoms with Crippen LogP contribution >= 0.6 is 0 Å². The number of hydrogen-bond acceptors (Lipinski definition) is 1. The van der Waals surface area contributed by atoms with E-state index in [0.717, 1.165) is 25.0 Å². The molecule has 3 nitrogen and oxygen atoms in total. The summed E-state index contributed by atoms with van der Waals surface area (Å²) in [6.07, 6.45) is 7.12. The van der Waals surface area contributed by atoms with Crippen molar-refractivity contribution in [1.82, 2.24) is 9.78 Å². The molecule has 0 aromatic carbocycles. The van der Waals surface area contributed by atoms with Crippen molar-refractivity contribution >= 4 is 0 Å². The Morgan fingerprint density at radius 1 is 1.38 bits per heavy atom. The van der Waals surface area contributed by atoms with Gasteiger partial charge in [-0.15, -0.1) is 0 Å². The van der Waals surface area contributed by atoms with E-state index in [2.05, 4.69) is 18.9 Å². The molecule has 0 radical (unpaired) electrons. The van der Waals surface area contributed by atoms with Crippen molar-refractivity contribution in [3.05, 3.63) is 22.1 Å². The predicted octanol–water partition coefficient (Wildman–Crippen LogP) is 2.88. The first-order valence-corrected chi connectivity index (χ1v) is 6.47. The number of aromatic nitrogens is 2. The first-order valence-electron chi connectivity index (χ1n) is 6.47. The van der Waals surface area contributed by atoms with Gasteiger partial charge in [-0.1, -0.05) is 33.1 Å². The fraction of sp³-hybridized carbons (Fsp3) is 0.769. The van der Waals surface area contributed by atoms with Crippen molar-refractivity contribution in [3.63, 3.8) is 0 Å². The predicted molar refractivity (Wildman–Crippen MR) is 65.7 cm³/mol. The van der Waals surface area contributed by atoms with Crippen LogP contribution in [0.15, 0.2) is 10.9 Å². The van der Waals surface area contributed by atoms with Crippen molar-refractivity contribution in [2.24, 2.45) is 5.92 Å². The molecular formula is C13H22N2O. The first-order chi connectivity index (χ1) is 7.66. The number of nitrogens with zero attached hydrogens (tertiary/aromatic N) is 1. The average molecular weight is 222 g/mol. The minimum absolute atomic E-state index is 0.155. The number of hydrogen-bond donors (Lipinski definition) is 1. The topological polar surface area (TPSA) is 37.8 Å². The summed E-state index contributed by atoms with van der Waals surface area (Å²) in [7, 11) is 0. The molecule has 1 aromatic heterocycles. The van der Waals surface area contributed by atoms with Crippen LogP contribution in [0.1, 0.15) is 57.7 Å². The molecule has 3 heteroatoms. The third-order valence-electron chi connectivity index (χ3n) is 3.37. The van der Waals surface area contributed by atoms with Gasteiger partial charge in [0.1, 0.15) is 0 Å². The summed E-state index contributed by atoms with van der Waals surface area (Å²) in [6, 6.07) is 2.19. The van der Waals surface area contributed by atoms with Crippen LogP contribution in [0.2, 0.25) is 0 Å². The van der Waals surface area contributed by atoms with Crippen LogP contribution in [0.25, 0.3) is 0 Å². The molecule has 0 unspecified atom stereocenters. The quantitative estimate of drug-likeness (QED) is 0.839. The van der Waals surface area contributed by atoms with Gasteiger partial charge in [-0.05, 0) is 25.2 Å². The van der Waals surface area contributed by atoms with Crippen molar-refractivity contribution in [2.75, 3.05) is 0 Å². The van der Waals surface area contributed by atoms with E-state index in [1.165, 1.54) is 19.3 Å². The lowest BCUT2D eigenvalue weighted by atomic mass is 9.96. The zero-order chi connectivity index (χ0) is 11.5. The van der Waals surface area contributed by atoms with Crippen molar-refractivity contribution < 1.29 is 0 Å². The third kappa shape index (κ3) is 2.57. The second-order valence-corrected chi connectivity index (χ2v) is 5.38. The van der Waals surface area contributed by atoms with Gasteiger partial charge in [-0.2, -0.15) is 0 Å². The zero-order valence-electron chi connectivity index (χ0n) is 10.3. The summed E-state index contributed by atoms with van der Waals surface area (Å²) in [4.78, 5) is 11.9. The monoisotopic (exact) mass is 222 g/mol. The lowest BCUT2D eigenvalue weighted by Gasteiger charge is -2.22. The van der Waals surface area contributed by atoms with Crippen molar-refractivity contribution in [2.45, 2.75) is 58.4 Å². The highest BCUT2D eigenvalue weighted by atomic mass is 16.1. The molecule has 0 atom stereocenters. The molecule has 0 saturated heterocycles. The Kier molecular flexibility index (Phi) is 3.52. The van der Waals surface area contributed by atoms with Gasteiger partial charge >= 0.3 is 0 Å². The lowest BCUT2D eigenvalue weighted by Crippen LogP contribution is -2.23. The summed E-state index contributed by atoms with van der Waals surface area (Å²) in [5, 5.41) is 3.29. The lowest BCUT2D eigenvalue weighted by molar-refractivity contribution is 0.321. The minimum Gasteiger partial charge on any atom is -0.299 e. The largest absolute Gasteiger partial charge is 0.299 e. The molecule has 0 bridgehead atoms. The number of nitrogens with one attached hydrogen (secondary N) is 1. The molecule has 0 spiro atoms. The fourth-order valence-corrected chi connectivity index (χ4v) is 2.62. The molecule has 16 heavy (non-hydrogen) atoms. The van der Waals surface area contributed by atoms with Crippen LogP contribution in [0.3, 0.4) is 0 Å². The highest BCUT2D eigenvalue weighted by Crippen LogP contribution is 2.26. The Balaban J connectivity index is 2.14. The molecule has 0 amide bonds. The van der Waals surface area contributed by atoms with Gasteiger partial charge in [0, 0.05) is 11.8 Å². The second-order valence-electron chi connectivity index (χ2n) is 5.38. The van der Waals surface area contributed by atoms with Gasteiger partial charge in [0.15, 0.2) is 0 Å². The summed E-state index contributed by atoms with van der Waals surface area (Å²) in [5.74, 6) is 0.595. The highest BCUT2D eigenvalue weighted by molar-refractivity contribution is 5.01. The van der Waals surface area contributed by atoms with Crippen LogP contribution in [-0.4, -0.2) is 9.78 Å². The standard InChI is InChI=1S/C13H22N2O/c1-10(2)8-11-9-13(16)15(14-11)12-6-4-3-5-7-12/h9-10,12,14H,3-8H2,1-2H3. The molecule has 1 fully saturated rings. The van der Waals surface area contributed by atoms with Crippen LogP contribution in [0.4, 0.5) is 0 Å². The Hall–Kier alpha value is -0.990. The van der Waals surface area contributed by atoms with E-state index in [1.54, 1.807) is 6.07 Å². The maximum atomic E-state index is 11.9. The molecule has 1 aliphatic carbocycles. The number of rotatable bonds is 3. The molecule has 1 N–H and O–H groups in total. The molecule has 1 aliphatic rings. The molecule has 1 aromatic rings. The Morgan fingerprint density at radius 2 is 2.06 bits per heavy atom. The van der Waals surface area contributed by atoms with Crippen molar-refractivity contribution in [3.8, 4) is 0 Å². The molecule has 90 valence electrons. The van der Waals surface area contributed by atoms with E-state index in [4.69, 9.17) is 0 Å². The van der Waals surface area contributed by atoms with Crippen LogP contribution < -0.4 is 5.56 Å². The van der Waals surface area contributed by atoms with Gasteiger partial charge in [-0.3, -0.25) is 9.89 Å².